The zero-order chi connectivity index (χ0) is 12.1. The lowest BCUT2D eigenvalue weighted by molar-refractivity contribution is 0.397. The molecule has 0 saturated heterocycles. The second kappa shape index (κ2) is 5.58. The number of nitrogens with zero attached hydrogens (tertiary/aromatic N) is 1. The Labute approximate surface area is 102 Å². The van der Waals surface area contributed by atoms with Gasteiger partial charge in [-0.15, -0.1) is 0 Å². The summed E-state index contributed by atoms with van der Waals surface area (Å²) in [6, 6.07) is 10.8. The predicted molar refractivity (Wildman–Crippen MR) is 68.0 cm³/mol. The second-order valence-electron chi connectivity index (χ2n) is 4.55. The molecule has 0 unspecified atom stereocenters. The zero-order valence-electron chi connectivity index (χ0n) is 10.1. The third kappa shape index (κ3) is 3.13. The Hall–Kier alpha value is -1.69. The molecule has 2 rings (SSSR count). The smallest absolute Gasteiger partial charge is 0.120 e. The van der Waals surface area contributed by atoms with Gasteiger partial charge in [-0.3, -0.25) is 0 Å². The number of anilines is 1. The van der Waals surface area contributed by atoms with Gasteiger partial charge in [-0.1, -0.05) is 6.07 Å². The molecule has 0 atom stereocenters. The summed E-state index contributed by atoms with van der Waals surface area (Å²) < 4.78 is 5.20. The fourth-order valence-corrected chi connectivity index (χ4v) is 2.32. The van der Waals surface area contributed by atoms with Crippen LogP contribution in [0.3, 0.4) is 0 Å². The largest absolute Gasteiger partial charge is 0.497 e. The maximum Gasteiger partial charge on any atom is 0.120 e. The Morgan fingerprint density at radius 1 is 1.29 bits per heavy atom. The number of benzene rings is 1. The summed E-state index contributed by atoms with van der Waals surface area (Å²) in [5, 5.41) is 12.4. The number of hydrogen-bond donors (Lipinski definition) is 1. The Bertz CT molecular complexity index is 403. The van der Waals surface area contributed by atoms with Crippen LogP contribution in [0.25, 0.3) is 0 Å². The van der Waals surface area contributed by atoms with E-state index < -0.39 is 0 Å². The molecule has 90 valence electrons. The first-order chi connectivity index (χ1) is 8.31. The highest BCUT2D eigenvalue weighted by Crippen LogP contribution is 2.27. The van der Waals surface area contributed by atoms with E-state index in [9.17, 15) is 0 Å². The van der Waals surface area contributed by atoms with E-state index in [1.807, 2.05) is 18.2 Å². The van der Waals surface area contributed by atoms with Gasteiger partial charge < -0.3 is 10.1 Å². The number of nitrogens with one attached hydrogen (secondary N) is 1. The molecule has 1 aliphatic rings. The zero-order valence-corrected chi connectivity index (χ0v) is 10.1. The van der Waals surface area contributed by atoms with Crippen LogP contribution in [0.2, 0.25) is 0 Å². The van der Waals surface area contributed by atoms with Crippen LogP contribution in [0.1, 0.15) is 25.7 Å². The average molecular weight is 230 g/mol. The molecule has 1 N–H and O–H groups in total. The fraction of sp³-hybridized carbons (Fsp3) is 0.500. The van der Waals surface area contributed by atoms with Gasteiger partial charge in [0.25, 0.3) is 0 Å². The van der Waals surface area contributed by atoms with Crippen molar-refractivity contribution in [2.24, 2.45) is 5.92 Å². The van der Waals surface area contributed by atoms with E-state index in [-0.39, 0.29) is 5.92 Å². The van der Waals surface area contributed by atoms with Crippen molar-refractivity contribution in [3.8, 4) is 11.8 Å². The summed E-state index contributed by atoms with van der Waals surface area (Å²) in [6.45, 7) is 0. The van der Waals surface area contributed by atoms with Crippen LogP contribution in [-0.4, -0.2) is 13.2 Å². The van der Waals surface area contributed by atoms with Crippen LogP contribution in [-0.2, 0) is 0 Å². The van der Waals surface area contributed by atoms with Crippen molar-refractivity contribution in [3.05, 3.63) is 24.3 Å². The summed E-state index contributed by atoms with van der Waals surface area (Å²) in [6.07, 6.45) is 4.18. The van der Waals surface area contributed by atoms with Crippen molar-refractivity contribution in [1.29, 1.82) is 5.26 Å². The first kappa shape index (κ1) is 11.8. The van der Waals surface area contributed by atoms with E-state index in [0.29, 0.717) is 6.04 Å². The van der Waals surface area contributed by atoms with E-state index in [1.54, 1.807) is 7.11 Å². The van der Waals surface area contributed by atoms with Crippen molar-refractivity contribution < 1.29 is 4.74 Å². The summed E-state index contributed by atoms with van der Waals surface area (Å²) in [4.78, 5) is 0. The molecule has 0 aromatic heterocycles. The maximum absolute atomic E-state index is 8.85. The lowest BCUT2D eigenvalue weighted by Crippen LogP contribution is -2.25. The quantitative estimate of drug-likeness (QED) is 0.867. The Kier molecular flexibility index (Phi) is 3.87. The topological polar surface area (TPSA) is 45.0 Å². The van der Waals surface area contributed by atoms with Crippen LogP contribution < -0.4 is 10.1 Å². The molecule has 1 saturated carbocycles. The van der Waals surface area contributed by atoms with Gasteiger partial charge in [-0.05, 0) is 37.8 Å². The lowest BCUT2D eigenvalue weighted by Gasteiger charge is -2.26. The molecule has 0 heterocycles. The highest BCUT2D eigenvalue weighted by molar-refractivity contribution is 5.48. The highest BCUT2D eigenvalue weighted by atomic mass is 16.5. The molecule has 1 aromatic carbocycles. The first-order valence-corrected chi connectivity index (χ1v) is 6.12. The van der Waals surface area contributed by atoms with Crippen molar-refractivity contribution in [3.63, 3.8) is 0 Å². The van der Waals surface area contributed by atoms with Crippen LogP contribution in [0.15, 0.2) is 24.3 Å². The molecule has 0 bridgehead atoms. The van der Waals surface area contributed by atoms with Crippen LogP contribution in [0.5, 0.6) is 5.75 Å². The molecule has 17 heavy (non-hydrogen) atoms. The molecule has 0 amide bonds. The van der Waals surface area contributed by atoms with E-state index in [2.05, 4.69) is 17.5 Å². The van der Waals surface area contributed by atoms with Gasteiger partial charge in [0.05, 0.1) is 13.2 Å². The highest BCUT2D eigenvalue weighted by Gasteiger charge is 2.20. The first-order valence-electron chi connectivity index (χ1n) is 6.12. The van der Waals surface area contributed by atoms with Gasteiger partial charge in [-0.2, -0.15) is 5.26 Å². The maximum atomic E-state index is 8.85. The number of ether oxygens (including phenoxy) is 1. The SMILES string of the molecule is COc1cccc(NC2CCC(C#N)CC2)c1. The average Bonchev–Trinajstić information content (AvgIpc) is 2.40. The van der Waals surface area contributed by atoms with Crippen LogP contribution in [0.4, 0.5) is 5.69 Å². The van der Waals surface area contributed by atoms with E-state index in [0.717, 1.165) is 37.1 Å². The van der Waals surface area contributed by atoms with Crippen molar-refractivity contribution in [1.82, 2.24) is 0 Å². The van der Waals surface area contributed by atoms with Gasteiger partial charge in [0.1, 0.15) is 5.75 Å². The van der Waals surface area contributed by atoms with Crippen molar-refractivity contribution >= 4 is 5.69 Å². The third-order valence-electron chi connectivity index (χ3n) is 3.35. The van der Waals surface area contributed by atoms with Crippen molar-refractivity contribution in [2.75, 3.05) is 12.4 Å². The number of methoxy groups -OCH3 is 1. The lowest BCUT2D eigenvalue weighted by atomic mass is 9.87. The van der Waals surface area contributed by atoms with Gasteiger partial charge in [0, 0.05) is 23.7 Å². The Morgan fingerprint density at radius 3 is 2.71 bits per heavy atom. The number of hydrogen-bond acceptors (Lipinski definition) is 3. The molecule has 1 aliphatic carbocycles. The molecule has 1 fully saturated rings. The van der Waals surface area contributed by atoms with Gasteiger partial charge in [0.15, 0.2) is 0 Å². The van der Waals surface area contributed by atoms with E-state index in [4.69, 9.17) is 10.00 Å². The van der Waals surface area contributed by atoms with E-state index in [1.165, 1.54) is 0 Å². The molecule has 3 heteroatoms. The molecule has 0 spiro atoms. The molecule has 1 aromatic rings. The molecular weight excluding hydrogens is 212 g/mol. The number of rotatable bonds is 3. The summed E-state index contributed by atoms with van der Waals surface area (Å²) in [5.74, 6) is 1.14. The summed E-state index contributed by atoms with van der Waals surface area (Å²) in [5.41, 5.74) is 1.10. The molecule has 0 aliphatic heterocycles. The molecule has 0 radical (unpaired) electrons. The number of nitriles is 1. The molecule has 3 nitrogen and oxygen atoms in total. The summed E-state index contributed by atoms with van der Waals surface area (Å²) >= 11 is 0. The Balaban J connectivity index is 1.91. The standard InChI is InChI=1S/C14H18N2O/c1-17-14-4-2-3-13(9-14)16-12-7-5-11(10-15)6-8-12/h2-4,9,11-12,16H,5-8H2,1H3. The van der Waals surface area contributed by atoms with Crippen molar-refractivity contribution in [2.45, 2.75) is 31.7 Å². The minimum absolute atomic E-state index is 0.262. The van der Waals surface area contributed by atoms with Gasteiger partial charge >= 0.3 is 0 Å². The molecular formula is C14H18N2O. The fourth-order valence-electron chi connectivity index (χ4n) is 2.32. The van der Waals surface area contributed by atoms with Crippen LogP contribution in [0, 0.1) is 17.2 Å². The second-order valence-corrected chi connectivity index (χ2v) is 4.55. The minimum Gasteiger partial charge on any atom is -0.497 e. The Morgan fingerprint density at radius 2 is 2.06 bits per heavy atom. The van der Waals surface area contributed by atoms with Crippen LogP contribution >= 0.6 is 0 Å². The van der Waals surface area contributed by atoms with Gasteiger partial charge in [-0.25, -0.2) is 0 Å². The minimum atomic E-state index is 0.262. The monoisotopic (exact) mass is 230 g/mol. The normalized spacial score (nSPS) is 23.8. The van der Waals surface area contributed by atoms with Gasteiger partial charge in [0.2, 0.25) is 0 Å². The summed E-state index contributed by atoms with van der Waals surface area (Å²) in [7, 11) is 1.68. The predicted octanol–water partition coefficient (Wildman–Crippen LogP) is 3.19. The van der Waals surface area contributed by atoms with E-state index >= 15 is 0 Å². The third-order valence-corrected chi connectivity index (χ3v) is 3.35.